The van der Waals surface area contributed by atoms with Crippen molar-refractivity contribution in [2.75, 3.05) is 6.61 Å². The largest absolute Gasteiger partial charge is 0.236 e. The molecule has 0 bridgehead atoms. The van der Waals surface area contributed by atoms with E-state index in [1.807, 2.05) is 6.92 Å². The van der Waals surface area contributed by atoms with Crippen LogP contribution in [0.1, 0.15) is 18.4 Å². The highest BCUT2D eigenvalue weighted by molar-refractivity contribution is 5.19. The Balaban J connectivity index is 2.81. The van der Waals surface area contributed by atoms with Gasteiger partial charge in [-0.15, -0.1) is 0 Å². The van der Waals surface area contributed by atoms with Crippen LogP contribution in [0.3, 0.4) is 0 Å². The number of hydrogen-bond acceptors (Lipinski definition) is 0. The number of benzene rings is 1. The molecule has 0 fully saturated rings. The van der Waals surface area contributed by atoms with Gasteiger partial charge in [0.05, 0.1) is 6.61 Å². The van der Waals surface area contributed by atoms with Gasteiger partial charge < -0.3 is 0 Å². The molecule has 0 spiro atoms. The van der Waals surface area contributed by atoms with Crippen molar-refractivity contribution in [3.63, 3.8) is 0 Å². The molecule has 0 aromatic heterocycles. The van der Waals surface area contributed by atoms with Gasteiger partial charge in [-0.3, -0.25) is 0 Å². The van der Waals surface area contributed by atoms with Gasteiger partial charge in [-0.2, -0.15) is 0 Å². The van der Waals surface area contributed by atoms with E-state index >= 15 is 0 Å². The second-order valence-electron chi connectivity index (χ2n) is 2.62. The smallest absolute Gasteiger partial charge is 0.123 e. The zero-order valence-corrected chi connectivity index (χ0v) is 6.38. The highest BCUT2D eigenvalue weighted by Crippen LogP contribution is 2.14. The Morgan fingerprint density at radius 2 is 1.91 bits per heavy atom. The molecular weight excluding hydrogens is 143 g/mol. The first-order chi connectivity index (χ1) is 5.24. The van der Waals surface area contributed by atoms with Gasteiger partial charge in [0.2, 0.25) is 0 Å². The van der Waals surface area contributed by atoms with Gasteiger partial charge in [0.15, 0.2) is 0 Å². The van der Waals surface area contributed by atoms with Crippen LogP contribution in [0.5, 0.6) is 0 Å². The maximum absolute atomic E-state index is 12.4. The normalized spacial score (nSPS) is 13.0. The summed E-state index contributed by atoms with van der Waals surface area (Å²) in [6.45, 7) is 1.69. The molecule has 11 heavy (non-hydrogen) atoms. The first-order valence-electron chi connectivity index (χ1n) is 3.57. The second kappa shape index (κ2) is 3.49. The van der Waals surface area contributed by atoms with Crippen LogP contribution < -0.4 is 0 Å². The first-order valence-corrected chi connectivity index (χ1v) is 3.57. The van der Waals surface area contributed by atoms with Crippen molar-refractivity contribution in [2.24, 2.45) is 0 Å². The molecular formula is C9H10FO. The molecule has 1 unspecified atom stereocenters. The van der Waals surface area contributed by atoms with Gasteiger partial charge in [-0.05, 0) is 17.7 Å². The summed E-state index contributed by atoms with van der Waals surface area (Å²) in [4.78, 5) is 0. The Labute approximate surface area is 65.5 Å². The lowest BCUT2D eigenvalue weighted by Crippen LogP contribution is -1.96. The molecule has 1 nitrogen and oxygen atoms in total. The predicted octanol–water partition coefficient (Wildman–Crippen LogP) is 2.36. The highest BCUT2D eigenvalue weighted by atomic mass is 19.1. The van der Waals surface area contributed by atoms with E-state index in [1.165, 1.54) is 12.1 Å². The average molecular weight is 153 g/mol. The molecule has 0 aliphatic rings. The van der Waals surface area contributed by atoms with Crippen molar-refractivity contribution in [2.45, 2.75) is 12.8 Å². The minimum absolute atomic E-state index is 0.0180. The minimum atomic E-state index is -0.258. The van der Waals surface area contributed by atoms with E-state index in [0.717, 1.165) is 5.56 Å². The summed E-state index contributed by atoms with van der Waals surface area (Å²) in [5.74, 6) is -0.276. The first kappa shape index (κ1) is 8.21. The van der Waals surface area contributed by atoms with Crippen molar-refractivity contribution in [3.05, 3.63) is 35.6 Å². The summed E-state index contributed by atoms with van der Waals surface area (Å²) in [5, 5.41) is 10.4. The molecule has 0 aliphatic heterocycles. The van der Waals surface area contributed by atoms with Crippen LogP contribution in [-0.2, 0) is 5.11 Å². The molecule has 0 saturated heterocycles. The fourth-order valence-corrected chi connectivity index (χ4v) is 0.888. The number of halogens is 1. The van der Waals surface area contributed by atoms with Gasteiger partial charge in [0, 0.05) is 5.92 Å². The van der Waals surface area contributed by atoms with Crippen molar-refractivity contribution < 1.29 is 9.50 Å². The fourth-order valence-electron chi connectivity index (χ4n) is 0.888. The van der Waals surface area contributed by atoms with E-state index < -0.39 is 0 Å². The molecule has 1 atom stereocenters. The summed E-state index contributed by atoms with van der Waals surface area (Å²) in [5.41, 5.74) is 0.904. The second-order valence-corrected chi connectivity index (χ2v) is 2.62. The molecule has 1 radical (unpaired) electrons. The Morgan fingerprint density at radius 3 is 2.36 bits per heavy atom. The summed E-state index contributed by atoms with van der Waals surface area (Å²) in [6.07, 6.45) is 0. The van der Waals surface area contributed by atoms with Crippen LogP contribution in [0.2, 0.25) is 0 Å². The summed E-state index contributed by atoms with van der Waals surface area (Å²) in [7, 11) is 0. The lowest BCUT2D eigenvalue weighted by Gasteiger charge is -2.05. The monoisotopic (exact) mass is 153 g/mol. The zero-order chi connectivity index (χ0) is 8.27. The maximum Gasteiger partial charge on any atom is 0.123 e. The van der Waals surface area contributed by atoms with E-state index in [2.05, 4.69) is 0 Å². The van der Waals surface area contributed by atoms with Crippen LogP contribution >= 0.6 is 0 Å². The number of rotatable bonds is 2. The molecule has 0 aliphatic carbocycles. The summed E-state index contributed by atoms with van der Waals surface area (Å²) >= 11 is 0. The van der Waals surface area contributed by atoms with E-state index in [1.54, 1.807) is 12.1 Å². The standard InChI is InChI=1S/C9H10FO/c1-7(6-11)8-2-4-9(10)5-3-8/h2-5,7H,6H2,1H3. The molecule has 0 heterocycles. The molecule has 2 heteroatoms. The molecule has 1 aromatic rings. The predicted molar refractivity (Wildman–Crippen MR) is 40.4 cm³/mol. The van der Waals surface area contributed by atoms with E-state index in [-0.39, 0.29) is 18.3 Å². The zero-order valence-electron chi connectivity index (χ0n) is 6.38. The van der Waals surface area contributed by atoms with Gasteiger partial charge in [-0.25, -0.2) is 9.50 Å². The molecule has 0 saturated carbocycles. The van der Waals surface area contributed by atoms with Gasteiger partial charge in [-0.1, -0.05) is 19.1 Å². The number of hydrogen-bond donors (Lipinski definition) is 0. The van der Waals surface area contributed by atoms with Crippen molar-refractivity contribution in [3.8, 4) is 0 Å². The Hall–Kier alpha value is -0.890. The van der Waals surface area contributed by atoms with E-state index in [9.17, 15) is 9.50 Å². The molecule has 0 amide bonds. The van der Waals surface area contributed by atoms with Crippen LogP contribution in [0.15, 0.2) is 24.3 Å². The van der Waals surface area contributed by atoms with Crippen LogP contribution in [-0.4, -0.2) is 6.61 Å². The Morgan fingerprint density at radius 1 is 1.36 bits per heavy atom. The Bertz CT molecular complexity index is 218. The quantitative estimate of drug-likeness (QED) is 0.621. The third-order valence-corrected chi connectivity index (χ3v) is 1.69. The SMILES string of the molecule is CC(C[O])c1ccc(F)cc1. The van der Waals surface area contributed by atoms with Crippen LogP contribution in [0.25, 0.3) is 0 Å². The van der Waals surface area contributed by atoms with Gasteiger partial charge >= 0.3 is 0 Å². The topological polar surface area (TPSA) is 19.9 Å². The maximum atomic E-state index is 12.4. The minimum Gasteiger partial charge on any atom is -0.236 e. The molecule has 59 valence electrons. The molecule has 1 aromatic carbocycles. The lowest BCUT2D eigenvalue weighted by atomic mass is 10.0. The van der Waals surface area contributed by atoms with E-state index in [0.29, 0.717) is 0 Å². The third-order valence-electron chi connectivity index (χ3n) is 1.69. The summed E-state index contributed by atoms with van der Waals surface area (Å²) < 4.78 is 12.4. The van der Waals surface area contributed by atoms with Crippen molar-refractivity contribution in [1.82, 2.24) is 0 Å². The molecule has 0 N–H and O–H groups in total. The Kier molecular flexibility index (Phi) is 2.60. The average Bonchev–Trinajstić information content (AvgIpc) is 2.05. The third kappa shape index (κ3) is 2.02. The lowest BCUT2D eigenvalue weighted by molar-refractivity contribution is 0.177. The molecule has 1 rings (SSSR count). The summed E-state index contributed by atoms with van der Waals surface area (Å²) in [6, 6.07) is 6.05. The van der Waals surface area contributed by atoms with Crippen LogP contribution in [0.4, 0.5) is 4.39 Å². The van der Waals surface area contributed by atoms with Gasteiger partial charge in [0.25, 0.3) is 0 Å². The van der Waals surface area contributed by atoms with Crippen molar-refractivity contribution in [1.29, 1.82) is 0 Å². The van der Waals surface area contributed by atoms with Crippen LogP contribution in [0, 0.1) is 5.82 Å². The van der Waals surface area contributed by atoms with Crippen molar-refractivity contribution >= 4 is 0 Å². The van der Waals surface area contributed by atoms with E-state index in [4.69, 9.17) is 0 Å². The fraction of sp³-hybridized carbons (Fsp3) is 0.333. The highest BCUT2D eigenvalue weighted by Gasteiger charge is 2.03. The van der Waals surface area contributed by atoms with Gasteiger partial charge in [0.1, 0.15) is 5.82 Å².